The Labute approximate surface area is 178 Å². The average Bonchev–Trinajstić information content (AvgIpc) is 3.15. The van der Waals surface area contributed by atoms with Crippen molar-refractivity contribution in [3.63, 3.8) is 0 Å². The molecule has 3 rings (SSSR count). The fraction of sp³-hybridized carbons (Fsp3) is 0.409. The predicted octanol–water partition coefficient (Wildman–Crippen LogP) is 5.69. The van der Waals surface area contributed by atoms with E-state index in [1.165, 1.54) is 12.1 Å². The van der Waals surface area contributed by atoms with Crippen molar-refractivity contribution in [2.75, 3.05) is 24.5 Å². The highest BCUT2D eigenvalue weighted by Crippen LogP contribution is 2.30. The maximum absolute atomic E-state index is 13.8. The molecule has 0 aliphatic carbocycles. The fourth-order valence-electron chi connectivity index (χ4n) is 3.75. The first-order valence-electron chi connectivity index (χ1n) is 9.66. The Hall–Kier alpha value is -2.30. The average molecular weight is 440 g/mol. The second-order valence-electron chi connectivity index (χ2n) is 7.58. The second kappa shape index (κ2) is 9.23. The van der Waals surface area contributed by atoms with E-state index in [1.54, 1.807) is 29.2 Å². The number of hydrogen-bond donors (Lipinski definition) is 0. The van der Waals surface area contributed by atoms with E-state index in [2.05, 4.69) is 0 Å². The fourth-order valence-corrected chi connectivity index (χ4v) is 3.97. The molecule has 2 aromatic carbocycles. The number of benzene rings is 2. The molecule has 160 valence electrons. The number of alkyl halides is 3. The molecule has 0 bridgehead atoms. The molecule has 1 heterocycles. The summed E-state index contributed by atoms with van der Waals surface area (Å²) >= 11 is 6.22. The summed E-state index contributed by atoms with van der Waals surface area (Å²) in [5, 5.41) is 9.44. The lowest BCUT2D eigenvalue weighted by Crippen LogP contribution is -2.38. The van der Waals surface area contributed by atoms with Crippen LogP contribution in [0.3, 0.4) is 0 Å². The number of rotatable bonds is 6. The van der Waals surface area contributed by atoms with Crippen molar-refractivity contribution in [1.82, 2.24) is 4.90 Å². The molecule has 0 radical (unpaired) electrons. The van der Waals surface area contributed by atoms with Crippen LogP contribution in [-0.2, 0) is 6.54 Å². The van der Waals surface area contributed by atoms with Gasteiger partial charge < -0.3 is 9.80 Å². The Balaban J connectivity index is 1.86. The van der Waals surface area contributed by atoms with Gasteiger partial charge in [-0.15, -0.1) is 0 Å². The highest BCUT2D eigenvalue weighted by atomic mass is 35.5. The van der Waals surface area contributed by atoms with E-state index in [9.17, 15) is 17.6 Å². The molecule has 1 saturated heterocycles. The van der Waals surface area contributed by atoms with E-state index in [1.807, 2.05) is 17.9 Å². The third-order valence-electron chi connectivity index (χ3n) is 5.46. The summed E-state index contributed by atoms with van der Waals surface area (Å²) in [5.74, 6) is -0.341. The first-order chi connectivity index (χ1) is 14.2. The van der Waals surface area contributed by atoms with Gasteiger partial charge in [0.05, 0.1) is 17.0 Å². The lowest BCUT2D eigenvalue weighted by molar-refractivity contribution is -0.137. The van der Waals surface area contributed by atoms with Crippen LogP contribution in [-0.4, -0.2) is 36.8 Å². The zero-order chi connectivity index (χ0) is 21.9. The largest absolute Gasteiger partial charge is 0.390 e. The van der Waals surface area contributed by atoms with Crippen LogP contribution in [0.2, 0.25) is 5.02 Å². The summed E-state index contributed by atoms with van der Waals surface area (Å²) in [4.78, 5) is 3.84. The third kappa shape index (κ3) is 5.65. The maximum Gasteiger partial charge on any atom is 0.390 e. The molecular weight excluding hydrogens is 418 g/mol. The number of nitrogens with zero attached hydrogens (tertiary/aromatic N) is 3. The van der Waals surface area contributed by atoms with E-state index >= 15 is 0 Å². The molecule has 0 spiro atoms. The van der Waals surface area contributed by atoms with Crippen LogP contribution in [0.15, 0.2) is 36.4 Å². The smallest absolute Gasteiger partial charge is 0.363 e. The summed E-state index contributed by atoms with van der Waals surface area (Å²) < 4.78 is 51.6. The summed E-state index contributed by atoms with van der Waals surface area (Å²) in [6.07, 6.45) is -4.34. The molecule has 0 aromatic heterocycles. The molecule has 3 nitrogen and oxygen atoms in total. The zero-order valence-corrected chi connectivity index (χ0v) is 17.3. The first-order valence-corrected chi connectivity index (χ1v) is 10.0. The minimum absolute atomic E-state index is 0.0407. The normalized spacial score (nSPS) is 17.2. The lowest BCUT2D eigenvalue weighted by Gasteiger charge is -2.32. The van der Waals surface area contributed by atoms with E-state index < -0.39 is 12.6 Å². The van der Waals surface area contributed by atoms with Crippen LogP contribution >= 0.6 is 11.6 Å². The van der Waals surface area contributed by atoms with Crippen LogP contribution in [0.1, 0.15) is 29.5 Å². The van der Waals surface area contributed by atoms with E-state index in [0.29, 0.717) is 36.6 Å². The lowest BCUT2D eigenvalue weighted by atomic mass is 10.1. The van der Waals surface area contributed by atoms with Gasteiger partial charge in [0.1, 0.15) is 11.9 Å². The van der Waals surface area contributed by atoms with Crippen LogP contribution in [0.5, 0.6) is 0 Å². The molecule has 0 N–H and O–H groups in total. The van der Waals surface area contributed by atoms with Crippen molar-refractivity contribution < 1.29 is 17.6 Å². The molecule has 1 fully saturated rings. The summed E-state index contributed by atoms with van der Waals surface area (Å²) in [6.45, 7) is 3.28. The zero-order valence-electron chi connectivity index (χ0n) is 16.5. The first kappa shape index (κ1) is 22.4. The van der Waals surface area contributed by atoms with Crippen LogP contribution < -0.4 is 4.90 Å². The van der Waals surface area contributed by atoms with Gasteiger partial charge in [-0.1, -0.05) is 17.7 Å². The predicted molar refractivity (Wildman–Crippen MR) is 109 cm³/mol. The summed E-state index contributed by atoms with van der Waals surface area (Å²) in [7, 11) is 0. The van der Waals surface area contributed by atoms with Crippen LogP contribution in [0, 0.1) is 24.1 Å². The minimum Gasteiger partial charge on any atom is -0.363 e. The number of aryl methyl sites for hydroxylation is 1. The molecule has 1 aliphatic heterocycles. The SMILES string of the molecule is Cc1ccc(F)cc1CN(c1ccc(C#N)c(Cl)c1)C1CCN(CCC(F)(F)F)C1. The molecule has 2 aromatic rings. The number of hydrogen-bond acceptors (Lipinski definition) is 3. The molecule has 1 atom stereocenters. The minimum atomic E-state index is -4.18. The van der Waals surface area contributed by atoms with E-state index in [0.717, 1.165) is 16.8 Å². The van der Waals surface area contributed by atoms with Gasteiger partial charge >= 0.3 is 6.18 Å². The summed E-state index contributed by atoms with van der Waals surface area (Å²) in [6, 6.07) is 11.6. The number of halogens is 5. The van der Waals surface area contributed by atoms with E-state index in [4.69, 9.17) is 16.9 Å². The Morgan fingerprint density at radius 2 is 2.00 bits per heavy atom. The van der Waals surface area contributed by atoms with Gasteiger partial charge in [-0.3, -0.25) is 0 Å². The van der Waals surface area contributed by atoms with Gasteiger partial charge in [0.25, 0.3) is 0 Å². The van der Waals surface area contributed by atoms with Crippen molar-refractivity contribution >= 4 is 17.3 Å². The van der Waals surface area contributed by atoms with Gasteiger partial charge in [-0.2, -0.15) is 18.4 Å². The van der Waals surface area contributed by atoms with Gasteiger partial charge in [-0.05, 0) is 54.8 Å². The number of nitriles is 1. The van der Waals surface area contributed by atoms with Crippen molar-refractivity contribution in [3.8, 4) is 6.07 Å². The molecular formula is C22H22ClF4N3. The van der Waals surface area contributed by atoms with Gasteiger partial charge in [-0.25, -0.2) is 4.39 Å². The molecule has 1 unspecified atom stereocenters. The maximum atomic E-state index is 13.8. The third-order valence-corrected chi connectivity index (χ3v) is 5.77. The Bertz CT molecular complexity index is 939. The molecule has 8 heteroatoms. The molecule has 30 heavy (non-hydrogen) atoms. The second-order valence-corrected chi connectivity index (χ2v) is 7.99. The standard InChI is InChI=1S/C22H22ClF4N3/c1-15-2-4-18(24)10-17(15)13-30(19-5-3-16(12-28)21(23)11-19)20-6-8-29(14-20)9-7-22(25,26)27/h2-5,10-11,20H,6-9,13-14H2,1H3. The quantitative estimate of drug-likeness (QED) is 0.541. The van der Waals surface area contributed by atoms with Crippen molar-refractivity contribution in [3.05, 3.63) is 63.9 Å². The van der Waals surface area contributed by atoms with Gasteiger partial charge in [0, 0.05) is 37.9 Å². The molecule has 1 aliphatic rings. The highest BCUT2D eigenvalue weighted by molar-refractivity contribution is 6.32. The van der Waals surface area contributed by atoms with E-state index in [-0.39, 0.29) is 18.4 Å². The number of likely N-dealkylation sites (tertiary alicyclic amines) is 1. The van der Waals surface area contributed by atoms with Crippen molar-refractivity contribution in [2.24, 2.45) is 0 Å². The summed E-state index contributed by atoms with van der Waals surface area (Å²) in [5.41, 5.74) is 2.82. The number of anilines is 1. The Morgan fingerprint density at radius 1 is 1.23 bits per heavy atom. The van der Waals surface area contributed by atoms with Crippen molar-refractivity contribution in [1.29, 1.82) is 5.26 Å². The molecule has 0 amide bonds. The molecule has 0 saturated carbocycles. The monoisotopic (exact) mass is 439 g/mol. The van der Waals surface area contributed by atoms with Gasteiger partial charge in [0.2, 0.25) is 0 Å². The Kier molecular flexibility index (Phi) is 6.89. The van der Waals surface area contributed by atoms with Crippen molar-refractivity contribution in [2.45, 2.75) is 38.5 Å². The van der Waals surface area contributed by atoms with Gasteiger partial charge in [0.15, 0.2) is 0 Å². The van der Waals surface area contributed by atoms with Crippen LogP contribution in [0.4, 0.5) is 23.2 Å². The van der Waals surface area contributed by atoms with Crippen LogP contribution in [0.25, 0.3) is 0 Å². The topological polar surface area (TPSA) is 30.3 Å². The highest BCUT2D eigenvalue weighted by Gasteiger charge is 2.32. The Morgan fingerprint density at radius 3 is 2.67 bits per heavy atom.